The Bertz CT molecular complexity index is 197. The molecule has 0 bridgehead atoms. The van der Waals surface area contributed by atoms with Gasteiger partial charge in [-0.3, -0.25) is 0 Å². The molecule has 23 heavy (non-hydrogen) atoms. The smallest absolute Gasteiger partial charge is 0.0431 e. The second kappa shape index (κ2) is 21.3. The van der Waals surface area contributed by atoms with Crippen LogP contribution in [0.2, 0.25) is 8.87 Å². The number of hydrogen-bond acceptors (Lipinski definition) is 2. The van der Waals surface area contributed by atoms with Gasteiger partial charge in [0.2, 0.25) is 0 Å². The minimum absolute atomic E-state index is 0.338. The molecule has 0 aromatic rings. The summed E-state index contributed by atoms with van der Waals surface area (Å²) in [6.45, 7) is 5.06. The Hall–Kier alpha value is 1.30. The Morgan fingerprint density at radius 3 is 1.13 bits per heavy atom. The van der Waals surface area contributed by atoms with E-state index in [9.17, 15) is 0 Å². The summed E-state index contributed by atoms with van der Waals surface area (Å²) >= 11 is -2.49. The van der Waals surface area contributed by atoms with Gasteiger partial charge < -0.3 is 10.2 Å². The average Bonchev–Trinajstić information content (AvgIpc) is 2.54. The van der Waals surface area contributed by atoms with Crippen molar-refractivity contribution >= 4 is 34.0 Å². The van der Waals surface area contributed by atoms with Gasteiger partial charge in [0.15, 0.2) is 0 Å². The molecule has 142 valence electrons. The SMILES string of the molecule is CCC[CH2][Sn]([Cl])([Cl])[CH2]CCC.OCCCCCCCCCCO. The fourth-order valence-electron chi connectivity index (χ4n) is 2.28. The van der Waals surface area contributed by atoms with E-state index >= 15 is 0 Å². The molecule has 2 N–H and O–H groups in total. The first kappa shape index (κ1) is 26.5. The number of halogens is 2. The monoisotopic (exact) mass is 478 g/mol. The van der Waals surface area contributed by atoms with E-state index in [1.165, 1.54) is 51.4 Å². The van der Waals surface area contributed by atoms with Crippen molar-refractivity contribution in [1.82, 2.24) is 0 Å². The Balaban J connectivity index is 0. The van der Waals surface area contributed by atoms with Gasteiger partial charge in [0.05, 0.1) is 0 Å². The van der Waals surface area contributed by atoms with Crippen LogP contribution in [0.4, 0.5) is 0 Å². The summed E-state index contributed by atoms with van der Waals surface area (Å²) in [4.78, 5) is 0. The summed E-state index contributed by atoms with van der Waals surface area (Å²) in [6.07, 6.45) is 14.2. The zero-order valence-corrected chi connectivity index (χ0v) is 19.8. The summed E-state index contributed by atoms with van der Waals surface area (Å²) in [5.41, 5.74) is 0. The quantitative estimate of drug-likeness (QED) is 0.206. The van der Waals surface area contributed by atoms with Crippen molar-refractivity contribution < 1.29 is 10.2 Å². The van der Waals surface area contributed by atoms with Crippen molar-refractivity contribution in [2.45, 2.75) is 99.8 Å². The van der Waals surface area contributed by atoms with Crippen molar-refractivity contribution in [2.75, 3.05) is 13.2 Å². The minimum atomic E-state index is -2.49. The molecule has 0 spiro atoms. The largest absolute Gasteiger partial charge is 0.396 e. The van der Waals surface area contributed by atoms with Gasteiger partial charge in [0.25, 0.3) is 0 Å². The fourth-order valence-corrected chi connectivity index (χ4v) is 11.6. The van der Waals surface area contributed by atoms with Crippen LogP contribution < -0.4 is 0 Å². The Kier molecular flexibility index (Phi) is 24.6. The molecule has 0 amide bonds. The van der Waals surface area contributed by atoms with Crippen LogP contribution in [0.25, 0.3) is 0 Å². The van der Waals surface area contributed by atoms with Gasteiger partial charge >= 0.3 is 82.4 Å². The zero-order valence-electron chi connectivity index (χ0n) is 15.5. The molecule has 0 rings (SSSR count). The molecule has 0 aromatic carbocycles. The second-order valence-electron chi connectivity index (χ2n) is 6.34. The Labute approximate surface area is 156 Å². The molecular formula is C18H40Cl2O2Sn. The van der Waals surface area contributed by atoms with Crippen LogP contribution in [0.3, 0.4) is 0 Å². The fraction of sp³-hybridized carbons (Fsp3) is 1.00. The number of unbranched alkanes of at least 4 members (excludes halogenated alkanes) is 9. The van der Waals surface area contributed by atoms with E-state index in [0.717, 1.165) is 34.6 Å². The van der Waals surface area contributed by atoms with Crippen molar-refractivity contribution in [3.8, 4) is 0 Å². The van der Waals surface area contributed by atoms with Crippen LogP contribution in [0.5, 0.6) is 0 Å². The number of hydrogen-bond donors (Lipinski definition) is 2. The van der Waals surface area contributed by atoms with E-state index in [4.69, 9.17) is 28.1 Å². The predicted molar refractivity (Wildman–Crippen MR) is 108 cm³/mol. The van der Waals surface area contributed by atoms with E-state index in [2.05, 4.69) is 13.8 Å². The molecule has 0 saturated carbocycles. The van der Waals surface area contributed by atoms with Crippen LogP contribution >= 0.6 is 17.8 Å². The zero-order chi connectivity index (χ0) is 17.8. The first-order valence-electron chi connectivity index (χ1n) is 9.63. The van der Waals surface area contributed by atoms with Crippen molar-refractivity contribution in [1.29, 1.82) is 0 Å². The molecule has 0 aliphatic heterocycles. The Morgan fingerprint density at radius 1 is 0.565 bits per heavy atom. The standard InChI is InChI=1S/C10H22O2.2C4H9.2ClH.Sn/c11-9-7-5-3-1-2-4-6-8-10-12;2*1-3-4-2;;;/h11-12H,1-10H2;2*1,3-4H2,2H3;2*1H;/q;;;;;+2/p-2. The molecule has 5 heteroatoms. The number of rotatable bonds is 15. The topological polar surface area (TPSA) is 40.5 Å². The van der Waals surface area contributed by atoms with E-state index in [1.807, 2.05) is 0 Å². The predicted octanol–water partition coefficient (Wildman–Crippen LogP) is 6.60. The summed E-state index contributed by atoms with van der Waals surface area (Å²) in [6, 6.07) is 0. The third kappa shape index (κ3) is 25.7. The van der Waals surface area contributed by atoms with Gasteiger partial charge in [-0.05, 0) is 12.8 Å². The van der Waals surface area contributed by atoms with Crippen molar-refractivity contribution in [2.24, 2.45) is 0 Å². The molecule has 0 aromatic heterocycles. The molecule has 0 fully saturated rings. The normalized spacial score (nSPS) is 11.2. The molecule has 0 aliphatic carbocycles. The number of aliphatic hydroxyl groups excluding tert-OH is 2. The van der Waals surface area contributed by atoms with Crippen LogP contribution in [0, 0.1) is 0 Å². The summed E-state index contributed by atoms with van der Waals surface area (Å²) < 4.78 is 2.29. The maximum atomic E-state index is 8.51. The van der Waals surface area contributed by atoms with Crippen LogP contribution in [0.15, 0.2) is 0 Å². The summed E-state index contributed by atoms with van der Waals surface area (Å²) in [5.74, 6) is 0. The van der Waals surface area contributed by atoms with Crippen molar-refractivity contribution in [3.05, 3.63) is 0 Å². The number of aliphatic hydroxyl groups is 2. The molecule has 2 nitrogen and oxygen atoms in total. The molecule has 0 heterocycles. The van der Waals surface area contributed by atoms with Crippen LogP contribution in [0.1, 0.15) is 90.9 Å². The molecule has 0 saturated heterocycles. The van der Waals surface area contributed by atoms with Gasteiger partial charge in [-0.1, -0.05) is 38.5 Å². The molecule has 0 aliphatic rings. The van der Waals surface area contributed by atoms with Crippen molar-refractivity contribution in [3.63, 3.8) is 0 Å². The summed E-state index contributed by atoms with van der Waals surface area (Å²) in [5, 5.41) is 17.0. The van der Waals surface area contributed by atoms with Crippen LogP contribution in [-0.4, -0.2) is 39.6 Å². The van der Waals surface area contributed by atoms with E-state index in [1.54, 1.807) is 0 Å². The summed E-state index contributed by atoms with van der Waals surface area (Å²) in [7, 11) is 12.5. The van der Waals surface area contributed by atoms with Gasteiger partial charge in [0, 0.05) is 13.2 Å². The van der Waals surface area contributed by atoms with Gasteiger partial charge in [-0.2, -0.15) is 0 Å². The van der Waals surface area contributed by atoms with E-state index < -0.39 is 16.1 Å². The Morgan fingerprint density at radius 2 is 0.870 bits per heavy atom. The molecular weight excluding hydrogens is 438 g/mol. The maximum Gasteiger partial charge on any atom is 0.0431 e. The van der Waals surface area contributed by atoms with Crippen LogP contribution in [-0.2, 0) is 0 Å². The van der Waals surface area contributed by atoms with E-state index in [0.29, 0.717) is 13.2 Å². The first-order valence-corrected chi connectivity index (χ1v) is 20.9. The second-order valence-corrected chi connectivity index (χ2v) is 25.1. The molecule has 0 atom stereocenters. The third-order valence-electron chi connectivity index (χ3n) is 3.86. The molecule has 0 unspecified atom stereocenters. The minimum Gasteiger partial charge on any atom is -0.396 e. The average molecular weight is 478 g/mol. The van der Waals surface area contributed by atoms with E-state index in [-0.39, 0.29) is 0 Å². The first-order chi connectivity index (χ1) is 11.0. The third-order valence-corrected chi connectivity index (χ3v) is 15.1. The van der Waals surface area contributed by atoms with Gasteiger partial charge in [-0.15, -0.1) is 0 Å². The maximum absolute atomic E-state index is 8.51. The molecule has 0 radical (unpaired) electrons. The van der Waals surface area contributed by atoms with Gasteiger partial charge in [-0.25, -0.2) is 0 Å². The van der Waals surface area contributed by atoms with Gasteiger partial charge in [0.1, 0.15) is 0 Å².